The van der Waals surface area contributed by atoms with Gasteiger partial charge in [-0.15, -0.1) is 0 Å². The maximum Gasteiger partial charge on any atom is 0.0529 e. The second-order valence-electron chi connectivity index (χ2n) is 5.06. The Morgan fingerprint density at radius 1 is 1.25 bits per heavy atom. The largest absolute Gasteiger partial charge is 0.395 e. The average molecular weight is 219 g/mol. The number of rotatable bonds is 2. The van der Waals surface area contributed by atoms with Crippen molar-refractivity contribution in [3.63, 3.8) is 0 Å². The lowest BCUT2D eigenvalue weighted by molar-refractivity contribution is 0.114. The van der Waals surface area contributed by atoms with Crippen LogP contribution in [0.4, 0.5) is 0 Å². The highest BCUT2D eigenvalue weighted by Gasteiger charge is 2.35. The molecule has 2 heteroatoms. The highest BCUT2D eigenvalue weighted by molar-refractivity contribution is 5.34. The molecule has 1 aliphatic heterocycles. The van der Waals surface area contributed by atoms with Crippen molar-refractivity contribution >= 4 is 0 Å². The van der Waals surface area contributed by atoms with Crippen LogP contribution >= 0.6 is 0 Å². The Bertz CT molecular complexity index is 354. The number of likely N-dealkylation sites (tertiary alicyclic amines) is 1. The molecule has 0 amide bonds. The minimum absolute atomic E-state index is 0.00213. The van der Waals surface area contributed by atoms with Gasteiger partial charge in [0, 0.05) is 5.41 Å². The predicted molar refractivity (Wildman–Crippen MR) is 66.7 cm³/mol. The summed E-state index contributed by atoms with van der Waals surface area (Å²) in [4.78, 5) is 2.34. The summed E-state index contributed by atoms with van der Waals surface area (Å²) in [6, 6.07) is 8.47. The minimum atomic E-state index is -0.00213. The molecule has 0 radical (unpaired) electrons. The van der Waals surface area contributed by atoms with Crippen molar-refractivity contribution in [2.45, 2.75) is 25.2 Å². The number of nitrogens with zero attached hydrogens (tertiary/aromatic N) is 1. The van der Waals surface area contributed by atoms with Crippen molar-refractivity contribution in [2.75, 3.05) is 26.7 Å². The lowest BCUT2D eigenvalue weighted by Crippen LogP contribution is -2.43. The highest BCUT2D eigenvalue weighted by Crippen LogP contribution is 2.36. The monoisotopic (exact) mass is 219 g/mol. The number of aryl methyl sites for hydroxylation is 1. The van der Waals surface area contributed by atoms with Crippen LogP contribution in [0.15, 0.2) is 24.3 Å². The summed E-state index contributed by atoms with van der Waals surface area (Å²) in [5, 5.41) is 9.79. The lowest BCUT2D eigenvalue weighted by Gasteiger charge is -2.40. The van der Waals surface area contributed by atoms with E-state index in [0.29, 0.717) is 0 Å². The van der Waals surface area contributed by atoms with Gasteiger partial charge in [-0.2, -0.15) is 0 Å². The molecule has 1 aliphatic rings. The normalized spacial score (nSPS) is 20.9. The van der Waals surface area contributed by atoms with Gasteiger partial charge in [0.1, 0.15) is 0 Å². The van der Waals surface area contributed by atoms with Crippen LogP contribution in [0.1, 0.15) is 24.0 Å². The van der Waals surface area contributed by atoms with Crippen molar-refractivity contribution in [2.24, 2.45) is 0 Å². The summed E-state index contributed by atoms with van der Waals surface area (Å²) >= 11 is 0. The van der Waals surface area contributed by atoms with Crippen molar-refractivity contribution in [3.05, 3.63) is 35.4 Å². The van der Waals surface area contributed by atoms with Crippen LogP contribution in [-0.4, -0.2) is 36.8 Å². The van der Waals surface area contributed by atoms with Gasteiger partial charge in [0.15, 0.2) is 0 Å². The third kappa shape index (κ3) is 2.00. The van der Waals surface area contributed by atoms with Gasteiger partial charge >= 0.3 is 0 Å². The van der Waals surface area contributed by atoms with E-state index >= 15 is 0 Å². The molecule has 2 nitrogen and oxygen atoms in total. The Kier molecular flexibility index (Phi) is 3.31. The fourth-order valence-corrected chi connectivity index (χ4v) is 2.73. The fourth-order valence-electron chi connectivity index (χ4n) is 2.73. The summed E-state index contributed by atoms with van der Waals surface area (Å²) in [5.41, 5.74) is 2.64. The van der Waals surface area contributed by atoms with Gasteiger partial charge in [0.25, 0.3) is 0 Å². The molecule has 88 valence electrons. The van der Waals surface area contributed by atoms with E-state index in [-0.39, 0.29) is 12.0 Å². The topological polar surface area (TPSA) is 23.5 Å². The minimum Gasteiger partial charge on any atom is -0.395 e. The molecular weight excluding hydrogens is 198 g/mol. The first-order valence-electron chi connectivity index (χ1n) is 6.03. The number of hydrogen-bond acceptors (Lipinski definition) is 2. The maximum absolute atomic E-state index is 9.79. The molecule has 0 bridgehead atoms. The fraction of sp³-hybridized carbons (Fsp3) is 0.571. The molecule has 1 heterocycles. The van der Waals surface area contributed by atoms with Gasteiger partial charge in [-0.25, -0.2) is 0 Å². The van der Waals surface area contributed by atoms with Gasteiger partial charge in [0.2, 0.25) is 0 Å². The van der Waals surface area contributed by atoms with Crippen LogP contribution in [0.25, 0.3) is 0 Å². The quantitative estimate of drug-likeness (QED) is 0.822. The first-order valence-corrected chi connectivity index (χ1v) is 6.03. The van der Waals surface area contributed by atoms with Crippen molar-refractivity contribution in [3.8, 4) is 0 Å². The Labute approximate surface area is 97.9 Å². The third-order valence-corrected chi connectivity index (χ3v) is 3.96. The molecule has 1 N–H and O–H groups in total. The molecule has 1 saturated heterocycles. The average Bonchev–Trinajstić information content (AvgIpc) is 2.32. The summed E-state index contributed by atoms with van der Waals surface area (Å²) < 4.78 is 0. The first-order chi connectivity index (χ1) is 7.68. The number of aliphatic hydroxyl groups is 1. The molecule has 0 aromatic heterocycles. The van der Waals surface area contributed by atoms with Crippen LogP contribution in [0.2, 0.25) is 0 Å². The van der Waals surface area contributed by atoms with Gasteiger partial charge in [0.05, 0.1) is 6.61 Å². The number of piperidine rings is 1. The zero-order valence-electron chi connectivity index (χ0n) is 10.2. The van der Waals surface area contributed by atoms with Gasteiger partial charge < -0.3 is 10.0 Å². The van der Waals surface area contributed by atoms with E-state index in [1.165, 1.54) is 11.1 Å². The van der Waals surface area contributed by atoms with Gasteiger partial charge in [-0.1, -0.05) is 24.3 Å². The van der Waals surface area contributed by atoms with Crippen molar-refractivity contribution in [1.82, 2.24) is 4.90 Å². The van der Waals surface area contributed by atoms with E-state index in [2.05, 4.69) is 43.1 Å². The molecule has 1 aromatic rings. The van der Waals surface area contributed by atoms with Crippen LogP contribution in [0.5, 0.6) is 0 Å². The zero-order valence-corrected chi connectivity index (χ0v) is 10.2. The van der Waals surface area contributed by atoms with E-state index < -0.39 is 0 Å². The Hall–Kier alpha value is -0.860. The third-order valence-electron chi connectivity index (χ3n) is 3.96. The van der Waals surface area contributed by atoms with Crippen LogP contribution in [-0.2, 0) is 5.41 Å². The molecule has 0 saturated carbocycles. The van der Waals surface area contributed by atoms with Crippen LogP contribution < -0.4 is 0 Å². The second kappa shape index (κ2) is 4.56. The summed E-state index contributed by atoms with van der Waals surface area (Å²) in [6.45, 7) is 4.57. The van der Waals surface area contributed by atoms with E-state index in [1.807, 2.05) is 0 Å². The SMILES string of the molecule is Cc1ccccc1C1(CO)CCN(C)CC1. The molecule has 0 atom stereocenters. The first kappa shape index (κ1) is 11.6. The molecular formula is C14H21NO. The van der Waals surface area contributed by atoms with Crippen molar-refractivity contribution < 1.29 is 5.11 Å². The molecule has 0 aliphatic carbocycles. The highest BCUT2D eigenvalue weighted by atomic mass is 16.3. The standard InChI is InChI=1S/C14H21NO/c1-12-5-3-4-6-13(12)14(11-16)7-9-15(2)10-8-14/h3-6,16H,7-11H2,1-2H3. The Balaban J connectivity index is 2.32. The summed E-state index contributed by atoms with van der Waals surface area (Å²) in [5.74, 6) is 0. The van der Waals surface area contributed by atoms with E-state index in [9.17, 15) is 5.11 Å². The number of aliphatic hydroxyl groups excluding tert-OH is 1. The Morgan fingerprint density at radius 3 is 2.44 bits per heavy atom. The number of benzene rings is 1. The molecule has 0 unspecified atom stereocenters. The summed E-state index contributed by atoms with van der Waals surface area (Å²) in [6.07, 6.45) is 2.12. The van der Waals surface area contributed by atoms with Gasteiger partial charge in [-0.3, -0.25) is 0 Å². The molecule has 1 aromatic carbocycles. The molecule has 2 rings (SSSR count). The smallest absolute Gasteiger partial charge is 0.0529 e. The van der Waals surface area contributed by atoms with E-state index in [1.54, 1.807) is 0 Å². The number of hydrogen-bond donors (Lipinski definition) is 1. The predicted octanol–water partition coefficient (Wildman–Crippen LogP) is 1.95. The van der Waals surface area contributed by atoms with E-state index in [0.717, 1.165) is 25.9 Å². The van der Waals surface area contributed by atoms with Crippen LogP contribution in [0.3, 0.4) is 0 Å². The summed E-state index contributed by atoms with van der Waals surface area (Å²) in [7, 11) is 2.15. The second-order valence-corrected chi connectivity index (χ2v) is 5.06. The zero-order chi connectivity index (χ0) is 11.6. The molecule has 0 spiro atoms. The van der Waals surface area contributed by atoms with E-state index in [4.69, 9.17) is 0 Å². The van der Waals surface area contributed by atoms with Crippen LogP contribution in [0, 0.1) is 6.92 Å². The lowest BCUT2D eigenvalue weighted by atomic mass is 9.72. The maximum atomic E-state index is 9.79. The molecule has 16 heavy (non-hydrogen) atoms. The van der Waals surface area contributed by atoms with Crippen molar-refractivity contribution in [1.29, 1.82) is 0 Å². The van der Waals surface area contributed by atoms with Gasteiger partial charge in [-0.05, 0) is 51.0 Å². The molecule has 1 fully saturated rings. The Morgan fingerprint density at radius 2 is 1.88 bits per heavy atom.